The summed E-state index contributed by atoms with van der Waals surface area (Å²) in [4.78, 5) is 22.6. The molecule has 1 rings (SSSR count). The van der Waals surface area contributed by atoms with E-state index in [1.807, 2.05) is 6.92 Å². The summed E-state index contributed by atoms with van der Waals surface area (Å²) in [6.07, 6.45) is -1.07. The predicted octanol–water partition coefficient (Wildman–Crippen LogP) is -0.794. The first-order valence-electron chi connectivity index (χ1n) is 5.40. The number of carbonyl (C=O) groups excluding carboxylic acids is 2. The van der Waals surface area contributed by atoms with Gasteiger partial charge in [0.2, 0.25) is 0 Å². The van der Waals surface area contributed by atoms with Crippen molar-refractivity contribution in [1.82, 2.24) is 5.32 Å². The summed E-state index contributed by atoms with van der Waals surface area (Å²) in [7, 11) is 0. The highest BCUT2D eigenvalue weighted by Crippen LogP contribution is 2.06. The minimum atomic E-state index is -1.54. The Balaban J connectivity index is 2.39. The van der Waals surface area contributed by atoms with Crippen LogP contribution in [0.15, 0.2) is 0 Å². The van der Waals surface area contributed by atoms with Gasteiger partial charge in [-0.15, -0.1) is 0 Å². The van der Waals surface area contributed by atoms with Crippen molar-refractivity contribution in [3.05, 3.63) is 0 Å². The number of ether oxygens (including phenoxy) is 2. The van der Waals surface area contributed by atoms with Crippen molar-refractivity contribution in [2.45, 2.75) is 32.0 Å². The van der Waals surface area contributed by atoms with Gasteiger partial charge >= 0.3 is 5.97 Å². The van der Waals surface area contributed by atoms with Gasteiger partial charge < -0.3 is 19.9 Å². The van der Waals surface area contributed by atoms with Gasteiger partial charge in [0.05, 0.1) is 13.2 Å². The van der Waals surface area contributed by atoms with Crippen molar-refractivity contribution in [3.63, 3.8) is 0 Å². The van der Waals surface area contributed by atoms with E-state index < -0.39 is 24.1 Å². The maximum atomic E-state index is 11.3. The summed E-state index contributed by atoms with van der Waals surface area (Å²) >= 11 is 0. The molecule has 0 unspecified atom stereocenters. The van der Waals surface area contributed by atoms with Crippen molar-refractivity contribution in [2.75, 3.05) is 19.8 Å². The number of esters is 1. The van der Waals surface area contributed by atoms with Gasteiger partial charge in [-0.25, -0.2) is 4.79 Å². The summed E-state index contributed by atoms with van der Waals surface area (Å²) in [6, 6.07) is 0. The Kier molecular flexibility index (Phi) is 5.21. The average Bonchev–Trinajstić information content (AvgIpc) is 2.29. The molecule has 0 bridgehead atoms. The lowest BCUT2D eigenvalue weighted by Gasteiger charge is -2.25. The minimum absolute atomic E-state index is 0.251. The Hall–Kier alpha value is -1.14. The summed E-state index contributed by atoms with van der Waals surface area (Å²) in [6.45, 7) is 2.89. The van der Waals surface area contributed by atoms with E-state index in [1.165, 1.54) is 0 Å². The van der Waals surface area contributed by atoms with E-state index in [0.717, 1.165) is 12.8 Å². The number of unbranched alkanes of at least 4 members (excludes halogenated alkanes) is 1. The Labute approximate surface area is 93.9 Å². The summed E-state index contributed by atoms with van der Waals surface area (Å²) in [5, 5.41) is 12.1. The first-order chi connectivity index (χ1) is 7.66. The Morgan fingerprint density at radius 1 is 1.75 bits per heavy atom. The zero-order valence-electron chi connectivity index (χ0n) is 9.27. The maximum Gasteiger partial charge on any atom is 0.338 e. The van der Waals surface area contributed by atoms with Crippen molar-refractivity contribution in [3.8, 4) is 0 Å². The SMILES string of the molecule is CCCCOC(=O)[C@H](O)[C@H]1OCCNC1=O. The second kappa shape index (κ2) is 6.44. The van der Waals surface area contributed by atoms with E-state index in [9.17, 15) is 14.7 Å². The molecule has 0 aromatic heterocycles. The fourth-order valence-electron chi connectivity index (χ4n) is 1.30. The molecule has 2 atom stereocenters. The fraction of sp³-hybridized carbons (Fsp3) is 0.800. The predicted molar refractivity (Wildman–Crippen MR) is 54.6 cm³/mol. The van der Waals surface area contributed by atoms with Crippen LogP contribution in [0.25, 0.3) is 0 Å². The number of carbonyl (C=O) groups is 2. The zero-order valence-corrected chi connectivity index (χ0v) is 9.27. The highest BCUT2D eigenvalue weighted by atomic mass is 16.6. The number of morpholine rings is 1. The van der Waals surface area contributed by atoms with Gasteiger partial charge in [0, 0.05) is 6.54 Å². The molecule has 1 aliphatic rings. The lowest BCUT2D eigenvalue weighted by Crippen LogP contribution is -2.52. The van der Waals surface area contributed by atoms with E-state index in [0.29, 0.717) is 6.54 Å². The van der Waals surface area contributed by atoms with Gasteiger partial charge in [-0.3, -0.25) is 4.79 Å². The molecule has 0 aromatic carbocycles. The monoisotopic (exact) mass is 231 g/mol. The van der Waals surface area contributed by atoms with Crippen LogP contribution in [0.1, 0.15) is 19.8 Å². The highest BCUT2D eigenvalue weighted by molar-refractivity contribution is 5.88. The quantitative estimate of drug-likeness (QED) is 0.478. The molecule has 92 valence electrons. The van der Waals surface area contributed by atoms with Crippen LogP contribution in [-0.4, -0.2) is 48.9 Å². The molecular formula is C10H17NO5. The maximum absolute atomic E-state index is 11.3. The van der Waals surface area contributed by atoms with Gasteiger partial charge in [-0.2, -0.15) is 0 Å². The number of amides is 1. The third kappa shape index (κ3) is 3.46. The molecule has 0 radical (unpaired) electrons. The summed E-state index contributed by atoms with van der Waals surface area (Å²) in [5.74, 6) is -1.29. The third-order valence-electron chi connectivity index (χ3n) is 2.23. The molecule has 2 N–H and O–H groups in total. The van der Waals surface area contributed by atoms with Gasteiger partial charge in [-0.1, -0.05) is 13.3 Å². The Morgan fingerprint density at radius 2 is 2.50 bits per heavy atom. The molecule has 16 heavy (non-hydrogen) atoms. The molecule has 0 spiro atoms. The van der Waals surface area contributed by atoms with E-state index in [-0.39, 0.29) is 13.2 Å². The molecule has 1 aliphatic heterocycles. The standard InChI is InChI=1S/C10H17NO5/c1-2-3-5-16-10(14)7(12)8-9(13)11-4-6-15-8/h7-8,12H,2-6H2,1H3,(H,11,13)/t7-,8-/m1/s1. The average molecular weight is 231 g/mol. The second-order valence-electron chi connectivity index (χ2n) is 3.55. The molecular weight excluding hydrogens is 214 g/mol. The minimum Gasteiger partial charge on any atom is -0.464 e. The van der Waals surface area contributed by atoms with Gasteiger partial charge in [0.25, 0.3) is 5.91 Å². The molecule has 1 heterocycles. The number of nitrogens with one attached hydrogen (secondary N) is 1. The van der Waals surface area contributed by atoms with Crippen LogP contribution in [0.3, 0.4) is 0 Å². The zero-order chi connectivity index (χ0) is 12.0. The van der Waals surface area contributed by atoms with Crippen molar-refractivity contribution >= 4 is 11.9 Å². The number of aliphatic hydroxyl groups excluding tert-OH is 1. The molecule has 0 aliphatic carbocycles. The molecule has 6 nitrogen and oxygen atoms in total. The van der Waals surface area contributed by atoms with E-state index in [2.05, 4.69) is 5.32 Å². The molecule has 1 amide bonds. The van der Waals surface area contributed by atoms with Gasteiger partial charge in [0.15, 0.2) is 12.2 Å². The van der Waals surface area contributed by atoms with Crippen molar-refractivity contribution in [2.24, 2.45) is 0 Å². The van der Waals surface area contributed by atoms with E-state index in [4.69, 9.17) is 9.47 Å². The second-order valence-corrected chi connectivity index (χ2v) is 3.55. The summed E-state index contributed by atoms with van der Waals surface area (Å²) < 4.78 is 9.81. The Morgan fingerprint density at radius 3 is 3.12 bits per heavy atom. The highest BCUT2D eigenvalue weighted by Gasteiger charge is 2.35. The van der Waals surface area contributed by atoms with Crippen LogP contribution >= 0.6 is 0 Å². The number of hydrogen-bond acceptors (Lipinski definition) is 5. The largest absolute Gasteiger partial charge is 0.464 e. The third-order valence-corrected chi connectivity index (χ3v) is 2.23. The lowest BCUT2D eigenvalue weighted by atomic mass is 10.1. The number of hydrogen-bond donors (Lipinski definition) is 2. The van der Waals surface area contributed by atoms with Crippen molar-refractivity contribution in [1.29, 1.82) is 0 Å². The number of rotatable bonds is 5. The van der Waals surface area contributed by atoms with Gasteiger partial charge in [0.1, 0.15) is 0 Å². The Bertz CT molecular complexity index is 256. The number of aliphatic hydroxyl groups is 1. The van der Waals surface area contributed by atoms with Crippen LogP contribution in [0, 0.1) is 0 Å². The van der Waals surface area contributed by atoms with E-state index >= 15 is 0 Å². The van der Waals surface area contributed by atoms with Crippen LogP contribution in [-0.2, 0) is 19.1 Å². The molecule has 6 heteroatoms. The van der Waals surface area contributed by atoms with E-state index in [1.54, 1.807) is 0 Å². The normalized spacial score (nSPS) is 22.4. The molecule has 0 saturated carbocycles. The lowest BCUT2D eigenvalue weighted by molar-refractivity contribution is -0.170. The first-order valence-corrected chi connectivity index (χ1v) is 5.40. The molecule has 1 saturated heterocycles. The van der Waals surface area contributed by atoms with Crippen molar-refractivity contribution < 1.29 is 24.2 Å². The summed E-state index contributed by atoms with van der Waals surface area (Å²) in [5.41, 5.74) is 0. The van der Waals surface area contributed by atoms with Crippen LogP contribution in [0.4, 0.5) is 0 Å². The molecule has 1 fully saturated rings. The first kappa shape index (κ1) is 12.9. The van der Waals surface area contributed by atoms with Crippen LogP contribution in [0.2, 0.25) is 0 Å². The topological polar surface area (TPSA) is 84.9 Å². The van der Waals surface area contributed by atoms with Crippen LogP contribution in [0.5, 0.6) is 0 Å². The van der Waals surface area contributed by atoms with Gasteiger partial charge in [-0.05, 0) is 6.42 Å². The fourth-order valence-corrected chi connectivity index (χ4v) is 1.30. The smallest absolute Gasteiger partial charge is 0.338 e. The van der Waals surface area contributed by atoms with Crippen LogP contribution < -0.4 is 5.32 Å². The molecule has 0 aromatic rings.